The van der Waals surface area contributed by atoms with Crippen molar-refractivity contribution in [2.75, 3.05) is 6.54 Å². The third-order valence-electron chi connectivity index (χ3n) is 7.28. The largest absolute Gasteiger partial charge is 0.489 e. The van der Waals surface area contributed by atoms with E-state index in [4.69, 9.17) is 22.1 Å². The van der Waals surface area contributed by atoms with E-state index in [2.05, 4.69) is 13.8 Å². The zero-order valence-corrected chi connectivity index (χ0v) is 25.2. The van der Waals surface area contributed by atoms with Crippen molar-refractivity contribution in [2.24, 2.45) is 5.92 Å². The normalized spacial score (nSPS) is 15.1. The van der Waals surface area contributed by atoms with Crippen LogP contribution in [0.2, 0.25) is 0 Å². The van der Waals surface area contributed by atoms with Crippen LogP contribution in [0.5, 0.6) is 5.75 Å². The zero-order valence-electron chi connectivity index (χ0n) is 23.5. The fourth-order valence-corrected chi connectivity index (χ4v) is 6.12. The Morgan fingerprint density at radius 2 is 1.68 bits per heavy atom. The van der Waals surface area contributed by atoms with Gasteiger partial charge in [0.25, 0.3) is 5.91 Å². The van der Waals surface area contributed by atoms with Crippen molar-refractivity contribution in [2.45, 2.75) is 46.1 Å². The molecule has 4 aromatic rings. The van der Waals surface area contributed by atoms with E-state index in [-0.39, 0.29) is 5.91 Å². The topological polar surface area (TPSA) is 47.4 Å². The third-order valence-corrected chi connectivity index (χ3v) is 8.66. The first-order valence-electron chi connectivity index (χ1n) is 14.2. The highest BCUT2D eigenvalue weighted by molar-refractivity contribution is 8.26. The Bertz CT molecular complexity index is 1500. The number of aromatic nitrogens is 2. The van der Waals surface area contributed by atoms with E-state index in [0.29, 0.717) is 28.3 Å². The number of benzene rings is 3. The minimum absolute atomic E-state index is 0.0157. The summed E-state index contributed by atoms with van der Waals surface area (Å²) in [6, 6.07) is 28.1. The van der Waals surface area contributed by atoms with Gasteiger partial charge in [0.1, 0.15) is 16.7 Å². The summed E-state index contributed by atoms with van der Waals surface area (Å²) in [6.45, 7) is 5.58. The van der Waals surface area contributed by atoms with Crippen LogP contribution in [0.4, 0.5) is 0 Å². The average molecular weight is 582 g/mol. The maximum atomic E-state index is 13.5. The number of para-hydroxylation sites is 1. The molecule has 0 N–H and O–H groups in total. The molecule has 3 aromatic carbocycles. The number of carbonyl (C=O) groups excluding carboxylic acids is 1. The Hall–Kier alpha value is -3.68. The van der Waals surface area contributed by atoms with Gasteiger partial charge in [-0.3, -0.25) is 9.69 Å². The predicted molar refractivity (Wildman–Crippen MR) is 173 cm³/mol. The van der Waals surface area contributed by atoms with Gasteiger partial charge in [0.05, 0.1) is 16.3 Å². The van der Waals surface area contributed by atoms with Gasteiger partial charge < -0.3 is 4.74 Å². The van der Waals surface area contributed by atoms with Crippen LogP contribution in [0, 0.1) is 5.92 Å². The molecule has 0 radical (unpaired) electrons. The Labute approximate surface area is 252 Å². The quantitative estimate of drug-likeness (QED) is 0.124. The molecular weight excluding hydrogens is 547 g/mol. The van der Waals surface area contributed by atoms with E-state index in [1.807, 2.05) is 102 Å². The Morgan fingerprint density at radius 1 is 0.976 bits per heavy atom. The number of amides is 1. The second kappa shape index (κ2) is 13.8. The van der Waals surface area contributed by atoms with E-state index in [0.717, 1.165) is 53.1 Å². The van der Waals surface area contributed by atoms with E-state index in [1.54, 1.807) is 4.90 Å². The summed E-state index contributed by atoms with van der Waals surface area (Å²) in [7, 11) is 0. The van der Waals surface area contributed by atoms with E-state index >= 15 is 0 Å². The minimum Gasteiger partial charge on any atom is -0.489 e. The molecule has 1 fully saturated rings. The molecule has 0 spiro atoms. The monoisotopic (exact) mass is 581 g/mol. The molecule has 5 rings (SSSR count). The van der Waals surface area contributed by atoms with Crippen LogP contribution in [0.25, 0.3) is 23.0 Å². The van der Waals surface area contributed by atoms with Crippen molar-refractivity contribution < 1.29 is 9.53 Å². The van der Waals surface area contributed by atoms with Gasteiger partial charge in [-0.25, -0.2) is 4.68 Å². The van der Waals surface area contributed by atoms with Crippen molar-refractivity contribution in [3.63, 3.8) is 0 Å². The number of thiocarbonyl (C=S) groups is 1. The third kappa shape index (κ3) is 7.16. The molecule has 1 aliphatic rings. The molecule has 1 amide bonds. The minimum atomic E-state index is -0.0157. The zero-order chi connectivity index (χ0) is 28.6. The molecule has 2 heterocycles. The maximum absolute atomic E-state index is 13.5. The van der Waals surface area contributed by atoms with Crippen molar-refractivity contribution in [1.82, 2.24) is 14.7 Å². The van der Waals surface area contributed by atoms with Gasteiger partial charge in [-0.1, -0.05) is 106 Å². The molecule has 1 aliphatic heterocycles. The second-order valence-electron chi connectivity index (χ2n) is 10.2. The van der Waals surface area contributed by atoms with Crippen molar-refractivity contribution in [1.29, 1.82) is 0 Å². The van der Waals surface area contributed by atoms with Crippen LogP contribution < -0.4 is 4.74 Å². The number of rotatable bonds is 12. The highest BCUT2D eigenvalue weighted by Crippen LogP contribution is 2.36. The van der Waals surface area contributed by atoms with E-state index in [9.17, 15) is 4.79 Å². The number of hydrogen-bond acceptors (Lipinski definition) is 5. The van der Waals surface area contributed by atoms with Crippen molar-refractivity contribution in [3.05, 3.63) is 107 Å². The molecule has 7 heteroatoms. The van der Waals surface area contributed by atoms with Gasteiger partial charge in [-0.15, -0.1) is 0 Å². The molecule has 5 nitrogen and oxygen atoms in total. The van der Waals surface area contributed by atoms with E-state index in [1.165, 1.54) is 18.2 Å². The summed E-state index contributed by atoms with van der Waals surface area (Å²) in [5.41, 5.74) is 4.67. The molecular formula is C34H35N3O2S2. The highest BCUT2D eigenvalue weighted by atomic mass is 32.2. The first-order chi connectivity index (χ1) is 20.1. The lowest BCUT2D eigenvalue weighted by Gasteiger charge is -2.21. The molecule has 1 atom stereocenters. The smallest absolute Gasteiger partial charge is 0.266 e. The molecule has 210 valence electrons. The SMILES string of the molecule is CCCC[C@H](CC)CN1C(=O)/C(=C/c2cn(-c3ccccc3)nc2-c2ccc(OCc3ccccc3)cc2)SC1=S. The van der Waals surface area contributed by atoms with Crippen LogP contribution in [0.15, 0.2) is 96.0 Å². The lowest BCUT2D eigenvalue weighted by atomic mass is 9.99. The van der Waals surface area contributed by atoms with Gasteiger partial charge in [-0.2, -0.15) is 5.10 Å². The summed E-state index contributed by atoms with van der Waals surface area (Å²) < 4.78 is 8.49. The molecule has 1 aromatic heterocycles. The van der Waals surface area contributed by atoms with Crippen LogP contribution in [0.1, 0.15) is 50.7 Å². The van der Waals surface area contributed by atoms with Gasteiger partial charge in [0.15, 0.2) is 0 Å². The Balaban J connectivity index is 1.41. The highest BCUT2D eigenvalue weighted by Gasteiger charge is 2.33. The van der Waals surface area contributed by atoms with Gasteiger partial charge in [-0.05, 0) is 60.4 Å². The molecule has 1 saturated heterocycles. The molecule has 0 bridgehead atoms. The van der Waals surface area contributed by atoms with E-state index < -0.39 is 0 Å². The number of unbranched alkanes of at least 4 members (excludes halogenated alkanes) is 1. The van der Waals surface area contributed by atoms with Gasteiger partial charge in [0, 0.05) is 23.9 Å². The molecule has 0 aliphatic carbocycles. The second-order valence-corrected chi connectivity index (χ2v) is 11.9. The van der Waals surface area contributed by atoms with Crippen LogP contribution in [0.3, 0.4) is 0 Å². The predicted octanol–water partition coefficient (Wildman–Crippen LogP) is 8.54. The first-order valence-corrected chi connectivity index (χ1v) is 15.5. The summed E-state index contributed by atoms with van der Waals surface area (Å²) >= 11 is 7.05. The maximum Gasteiger partial charge on any atom is 0.266 e. The lowest BCUT2D eigenvalue weighted by Crippen LogP contribution is -2.33. The van der Waals surface area contributed by atoms with Gasteiger partial charge in [0.2, 0.25) is 0 Å². The summed E-state index contributed by atoms with van der Waals surface area (Å²) in [6.07, 6.45) is 8.39. The fraction of sp³-hybridized carbons (Fsp3) is 0.265. The number of hydrogen-bond donors (Lipinski definition) is 0. The van der Waals surface area contributed by atoms with Crippen molar-refractivity contribution in [3.8, 4) is 22.7 Å². The first kappa shape index (κ1) is 28.8. The molecule has 41 heavy (non-hydrogen) atoms. The average Bonchev–Trinajstić information content (AvgIpc) is 3.55. The van der Waals surface area contributed by atoms with Gasteiger partial charge >= 0.3 is 0 Å². The standard InChI is InChI=1S/C34H35N3O2S2/c1-3-5-12-25(4-2)22-36-33(38)31(41-34(36)40)21-28-23-37(29-15-10-7-11-16-29)35-32(28)27-17-19-30(20-18-27)39-24-26-13-8-6-9-14-26/h6-11,13-21,23,25H,3-5,12,22,24H2,1-2H3/b31-21-/t25-/m0/s1. The molecule has 0 saturated carbocycles. The number of thioether (sulfide) groups is 1. The van der Waals surface area contributed by atoms with Crippen molar-refractivity contribution >= 4 is 40.3 Å². The Kier molecular flexibility index (Phi) is 9.70. The summed E-state index contributed by atoms with van der Waals surface area (Å²) in [4.78, 5) is 15.9. The lowest BCUT2D eigenvalue weighted by molar-refractivity contribution is -0.122. The molecule has 0 unspecified atom stereocenters. The van der Waals surface area contributed by atoms with Crippen LogP contribution in [-0.4, -0.2) is 31.5 Å². The Morgan fingerprint density at radius 3 is 2.37 bits per heavy atom. The fourth-order valence-electron chi connectivity index (χ4n) is 4.85. The summed E-state index contributed by atoms with van der Waals surface area (Å²) in [5.74, 6) is 1.23. The van der Waals surface area contributed by atoms with Crippen LogP contribution >= 0.6 is 24.0 Å². The summed E-state index contributed by atoms with van der Waals surface area (Å²) in [5, 5.41) is 4.94. The number of ether oxygens (including phenoxy) is 1. The van der Waals surface area contributed by atoms with Crippen LogP contribution in [-0.2, 0) is 11.4 Å². The number of carbonyl (C=O) groups is 1. The number of nitrogens with zero attached hydrogens (tertiary/aromatic N) is 3.